The molecule has 9 heterocycles. The normalized spacial score (nSPS) is 17.2. The number of nitrogens with one attached hydrogen (secondary N) is 4. The third-order valence-electron chi connectivity index (χ3n) is 11.8. The maximum absolute atomic E-state index is 14.5. The SMILES string of the molecule is Cn1cnc(S(=O)(=O)N2CCCC(CNc3nc(-c4c[nH]c5ncc(Cl)cc45)ncc3F)C2)c1.O=S(=O)(c1ccccc1F)N1CCCC(CNc2nc(-c3c[nH]c4ncc(Cl)cc34)ncc2F)C1. The largest absolute Gasteiger partial charge is 0.367 e. The first-order chi connectivity index (χ1) is 33.1. The number of H-pyrrole nitrogens is 2. The van der Waals surface area contributed by atoms with Gasteiger partial charge in [-0.3, -0.25) is 0 Å². The van der Waals surface area contributed by atoms with Crippen molar-refractivity contribution in [2.45, 2.75) is 35.6 Å². The molecule has 360 valence electrons. The Hall–Kier alpha value is -6.24. The number of nitrogens with zero attached hydrogens (tertiary/aromatic N) is 10. The van der Waals surface area contributed by atoms with Crippen molar-refractivity contribution in [3.63, 3.8) is 0 Å². The number of hydrogen-bond donors (Lipinski definition) is 4. The van der Waals surface area contributed by atoms with Gasteiger partial charge in [-0.2, -0.15) is 8.61 Å². The number of halogens is 5. The zero-order valence-corrected chi connectivity index (χ0v) is 39.8. The van der Waals surface area contributed by atoms with Gasteiger partial charge in [-0.25, -0.2) is 64.9 Å². The Balaban J connectivity index is 0.000000172. The Morgan fingerprint density at radius 3 is 1.68 bits per heavy atom. The Morgan fingerprint density at radius 1 is 0.681 bits per heavy atom. The first-order valence-corrected chi connectivity index (χ1v) is 25.3. The molecule has 2 aliphatic heterocycles. The van der Waals surface area contributed by atoms with Gasteiger partial charge < -0.3 is 25.2 Å². The highest BCUT2D eigenvalue weighted by molar-refractivity contribution is 7.89. The molecule has 7 aromatic heterocycles. The molecule has 0 aliphatic carbocycles. The summed E-state index contributed by atoms with van der Waals surface area (Å²) in [4.78, 5) is 35.1. The van der Waals surface area contributed by atoms with Crippen molar-refractivity contribution in [2.75, 3.05) is 49.9 Å². The summed E-state index contributed by atoms with van der Waals surface area (Å²) in [6.45, 7) is 1.89. The van der Waals surface area contributed by atoms with Crippen LogP contribution >= 0.6 is 23.2 Å². The highest BCUT2D eigenvalue weighted by atomic mass is 35.5. The van der Waals surface area contributed by atoms with E-state index in [0.717, 1.165) is 36.7 Å². The van der Waals surface area contributed by atoms with Crippen LogP contribution in [0.3, 0.4) is 0 Å². The van der Waals surface area contributed by atoms with Gasteiger partial charge in [0.2, 0.25) is 10.0 Å². The highest BCUT2D eigenvalue weighted by Crippen LogP contribution is 2.31. The molecular formula is C44H43Cl2F3N14O4S2. The van der Waals surface area contributed by atoms with Gasteiger partial charge in [-0.1, -0.05) is 35.3 Å². The molecule has 0 saturated carbocycles. The van der Waals surface area contributed by atoms with E-state index in [9.17, 15) is 30.0 Å². The lowest BCUT2D eigenvalue weighted by atomic mass is 10.00. The zero-order valence-electron chi connectivity index (χ0n) is 36.6. The number of hydrogen-bond acceptors (Lipinski definition) is 13. The standard InChI is InChI=1S/C23H21ClF2N6O2S.C21H22ClFN8O2S/c24-15-8-16-17(11-29-21(16)28-10-15)22-30-12-19(26)23(31-22)27-9-14-4-3-7-32(13-14)35(33,34)20-6-2-1-5-18(20)25;1-30-11-18(28-12-30)34(32,33)31-4-2-3-13(10-31)6-24-21-17(23)9-27-20(29-21)16-8-26-19-15(16)5-14(22)7-25-19/h1-2,5-6,8,10-12,14H,3-4,7,9,13H2,(H,28,29)(H,27,30,31);5,7-9,11-13H,2-4,6,10H2,1H3,(H,25,26)(H,24,27,29). The van der Waals surface area contributed by atoms with E-state index in [0.29, 0.717) is 82.7 Å². The van der Waals surface area contributed by atoms with Gasteiger partial charge in [0.15, 0.2) is 39.9 Å². The molecule has 0 spiro atoms. The van der Waals surface area contributed by atoms with Crippen molar-refractivity contribution in [1.29, 1.82) is 0 Å². The smallest absolute Gasteiger partial charge is 0.262 e. The van der Waals surface area contributed by atoms with E-state index in [1.807, 2.05) is 0 Å². The second kappa shape index (κ2) is 20.0. The summed E-state index contributed by atoms with van der Waals surface area (Å²) in [7, 11) is -5.92. The number of pyridine rings is 2. The minimum absolute atomic E-state index is 0.00780. The molecule has 25 heteroatoms. The highest BCUT2D eigenvalue weighted by Gasteiger charge is 2.33. The Bertz CT molecular complexity index is 3400. The number of fused-ring (bicyclic) bond motifs is 2. The predicted octanol–water partition coefficient (Wildman–Crippen LogP) is 7.52. The molecule has 0 amide bonds. The van der Waals surface area contributed by atoms with E-state index in [-0.39, 0.29) is 52.3 Å². The van der Waals surface area contributed by atoms with Gasteiger partial charge in [0.05, 0.1) is 28.8 Å². The van der Waals surface area contributed by atoms with E-state index in [1.54, 1.807) is 36.1 Å². The minimum Gasteiger partial charge on any atom is -0.367 e. The topological polar surface area (TPSA) is 226 Å². The molecule has 0 radical (unpaired) electrons. The van der Waals surface area contributed by atoms with Crippen LogP contribution in [0.4, 0.5) is 24.8 Å². The van der Waals surface area contributed by atoms with Crippen molar-refractivity contribution in [3.8, 4) is 22.8 Å². The van der Waals surface area contributed by atoms with Crippen molar-refractivity contribution >= 4 is 77.0 Å². The van der Waals surface area contributed by atoms with Gasteiger partial charge in [-0.05, 0) is 61.8 Å². The Kier molecular flexibility index (Phi) is 13.9. The van der Waals surface area contributed by atoms with Crippen molar-refractivity contribution in [3.05, 3.63) is 114 Å². The molecule has 2 fully saturated rings. The fraction of sp³-hybridized carbons (Fsp3) is 0.295. The van der Waals surface area contributed by atoms with E-state index in [2.05, 4.69) is 55.5 Å². The van der Waals surface area contributed by atoms with Crippen molar-refractivity contribution in [2.24, 2.45) is 18.9 Å². The van der Waals surface area contributed by atoms with Gasteiger partial charge in [-0.15, -0.1) is 0 Å². The van der Waals surface area contributed by atoms with Crippen LogP contribution in [0.15, 0.2) is 96.0 Å². The summed E-state index contributed by atoms with van der Waals surface area (Å²) in [5, 5.41) is 8.42. The van der Waals surface area contributed by atoms with Crippen LogP contribution in [0.1, 0.15) is 25.7 Å². The van der Waals surface area contributed by atoms with Crippen LogP contribution in [-0.4, -0.2) is 114 Å². The van der Waals surface area contributed by atoms with Crippen LogP contribution in [0.2, 0.25) is 10.0 Å². The van der Waals surface area contributed by atoms with Gasteiger partial charge in [0, 0.05) is 99.2 Å². The number of imidazole rings is 1. The molecule has 4 N–H and O–H groups in total. The average molecular weight is 1020 g/mol. The predicted molar refractivity (Wildman–Crippen MR) is 254 cm³/mol. The first kappa shape index (κ1) is 47.8. The molecule has 2 saturated heterocycles. The summed E-state index contributed by atoms with van der Waals surface area (Å²) >= 11 is 12.1. The fourth-order valence-corrected chi connectivity index (χ4v) is 11.8. The third-order valence-corrected chi connectivity index (χ3v) is 15.8. The molecular weight excluding hydrogens is 981 g/mol. The molecule has 8 aromatic rings. The van der Waals surface area contributed by atoms with E-state index in [1.165, 1.54) is 51.7 Å². The summed E-state index contributed by atoms with van der Waals surface area (Å²) in [6.07, 6.45) is 14.4. The lowest BCUT2D eigenvalue weighted by molar-refractivity contribution is 0.274. The van der Waals surface area contributed by atoms with E-state index >= 15 is 0 Å². The summed E-state index contributed by atoms with van der Waals surface area (Å²) < 4.78 is 99.2. The molecule has 1 aromatic carbocycles. The molecule has 2 unspecified atom stereocenters. The van der Waals surface area contributed by atoms with Gasteiger partial charge in [0.1, 0.15) is 22.0 Å². The van der Waals surface area contributed by atoms with Crippen molar-refractivity contribution < 1.29 is 30.0 Å². The van der Waals surface area contributed by atoms with Crippen molar-refractivity contribution in [1.82, 2.24) is 58.0 Å². The fourth-order valence-electron chi connectivity index (χ4n) is 8.32. The second-order valence-corrected chi connectivity index (χ2v) is 21.3. The first-order valence-electron chi connectivity index (χ1n) is 21.7. The minimum atomic E-state index is -3.97. The van der Waals surface area contributed by atoms with Crippen LogP contribution in [0.5, 0.6) is 0 Å². The number of rotatable bonds is 12. The summed E-state index contributed by atoms with van der Waals surface area (Å²) in [6, 6.07) is 8.80. The number of anilines is 2. The number of aryl methyl sites for hydroxylation is 1. The molecule has 2 aliphatic rings. The summed E-state index contributed by atoms with van der Waals surface area (Å²) in [5.74, 6) is -1.45. The number of piperidine rings is 2. The van der Waals surface area contributed by atoms with Crippen LogP contribution < -0.4 is 10.6 Å². The van der Waals surface area contributed by atoms with E-state index < -0.39 is 37.5 Å². The number of aromatic nitrogens is 10. The maximum atomic E-state index is 14.5. The lowest BCUT2D eigenvalue weighted by Gasteiger charge is -2.32. The second-order valence-electron chi connectivity index (χ2n) is 16.6. The number of sulfonamides is 2. The Labute approximate surface area is 403 Å². The third kappa shape index (κ3) is 10.4. The van der Waals surface area contributed by atoms with Gasteiger partial charge in [0.25, 0.3) is 10.0 Å². The quantitative estimate of drug-likeness (QED) is 0.0930. The zero-order chi connectivity index (χ0) is 48.5. The Morgan fingerprint density at radius 2 is 1.19 bits per heavy atom. The number of benzene rings is 1. The summed E-state index contributed by atoms with van der Waals surface area (Å²) in [5.41, 5.74) is 2.50. The molecule has 2 atom stereocenters. The van der Waals surface area contributed by atoms with Gasteiger partial charge >= 0.3 is 0 Å². The average Bonchev–Trinajstić information content (AvgIpc) is 4.10. The lowest BCUT2D eigenvalue weighted by Crippen LogP contribution is -2.42. The molecule has 10 rings (SSSR count). The maximum Gasteiger partial charge on any atom is 0.262 e. The molecule has 69 heavy (non-hydrogen) atoms. The van der Waals surface area contributed by atoms with Crippen LogP contribution in [0.25, 0.3) is 44.8 Å². The molecule has 18 nitrogen and oxygen atoms in total. The van der Waals surface area contributed by atoms with E-state index in [4.69, 9.17) is 23.2 Å². The number of aromatic amines is 2. The van der Waals surface area contributed by atoms with Crippen LogP contribution in [-0.2, 0) is 27.1 Å². The monoisotopic (exact) mass is 1020 g/mol. The molecule has 0 bridgehead atoms. The van der Waals surface area contributed by atoms with Crippen LogP contribution in [0, 0.1) is 29.3 Å².